The van der Waals surface area contributed by atoms with Crippen molar-refractivity contribution in [1.29, 1.82) is 0 Å². The van der Waals surface area contributed by atoms with Crippen LogP contribution in [0.25, 0.3) is 0 Å². The van der Waals surface area contributed by atoms with Crippen LogP contribution in [-0.2, 0) is 9.53 Å². The van der Waals surface area contributed by atoms with E-state index < -0.39 is 6.10 Å². The first-order chi connectivity index (χ1) is 8.45. The van der Waals surface area contributed by atoms with Gasteiger partial charge in [0.15, 0.2) is 6.10 Å². The second-order valence-electron chi connectivity index (χ2n) is 3.98. The summed E-state index contributed by atoms with van der Waals surface area (Å²) in [7, 11) is 0. The van der Waals surface area contributed by atoms with Crippen molar-refractivity contribution >= 4 is 21.9 Å². The predicted octanol–water partition coefficient (Wildman–Crippen LogP) is 2.80. The summed E-state index contributed by atoms with van der Waals surface area (Å²) < 4.78 is 11.4. The summed E-state index contributed by atoms with van der Waals surface area (Å²) in [4.78, 5) is 11.5. The molecule has 0 radical (unpaired) electrons. The van der Waals surface area contributed by atoms with Crippen molar-refractivity contribution in [3.05, 3.63) is 28.2 Å². The summed E-state index contributed by atoms with van der Waals surface area (Å²) in [6.45, 7) is 5.62. The van der Waals surface area contributed by atoms with Crippen molar-refractivity contribution in [3.63, 3.8) is 0 Å². The van der Waals surface area contributed by atoms with Crippen molar-refractivity contribution in [2.75, 3.05) is 6.61 Å². The topological polar surface area (TPSA) is 61.5 Å². The molecular weight excluding hydrogens is 298 g/mol. The van der Waals surface area contributed by atoms with Gasteiger partial charge in [-0.1, -0.05) is 15.9 Å². The molecule has 5 heteroatoms. The molecule has 4 nitrogen and oxygen atoms in total. The van der Waals surface area contributed by atoms with Crippen molar-refractivity contribution in [3.8, 4) is 5.75 Å². The Kier molecular flexibility index (Phi) is 5.62. The molecule has 0 aliphatic rings. The molecule has 0 saturated carbocycles. The lowest BCUT2D eigenvalue weighted by Crippen LogP contribution is -2.26. The van der Waals surface area contributed by atoms with Crippen LogP contribution in [0.5, 0.6) is 5.75 Å². The lowest BCUT2D eigenvalue weighted by Gasteiger charge is -2.18. The van der Waals surface area contributed by atoms with Crippen LogP contribution in [0.3, 0.4) is 0 Å². The summed E-state index contributed by atoms with van der Waals surface area (Å²) in [5.74, 6) is 0.227. The summed E-state index contributed by atoms with van der Waals surface area (Å²) in [5.41, 5.74) is 6.72. The van der Waals surface area contributed by atoms with Gasteiger partial charge in [0.2, 0.25) is 0 Å². The van der Waals surface area contributed by atoms with E-state index in [9.17, 15) is 4.79 Å². The molecule has 0 saturated heterocycles. The molecule has 2 N–H and O–H groups in total. The van der Waals surface area contributed by atoms with E-state index in [1.165, 1.54) is 0 Å². The third-order valence-electron chi connectivity index (χ3n) is 2.38. The zero-order valence-corrected chi connectivity index (χ0v) is 12.4. The standard InChI is InChI=1S/C13H18BrNO3/c1-4-17-13(16)9(3)18-12-6-5-10(14)7-11(12)8(2)15/h5-9H,4,15H2,1-3H3/t8-,9?/m1/s1. The number of halogens is 1. The van der Waals surface area contributed by atoms with Gasteiger partial charge in [-0.05, 0) is 39.0 Å². The number of hydrogen-bond donors (Lipinski definition) is 1. The predicted molar refractivity (Wildman–Crippen MR) is 73.5 cm³/mol. The highest BCUT2D eigenvalue weighted by atomic mass is 79.9. The molecule has 1 aromatic rings. The molecule has 0 aromatic heterocycles. The number of carbonyl (C=O) groups is 1. The van der Waals surface area contributed by atoms with E-state index in [4.69, 9.17) is 15.2 Å². The van der Waals surface area contributed by atoms with E-state index >= 15 is 0 Å². The minimum atomic E-state index is -0.649. The van der Waals surface area contributed by atoms with Crippen molar-refractivity contribution in [2.45, 2.75) is 32.9 Å². The summed E-state index contributed by atoms with van der Waals surface area (Å²) in [5, 5.41) is 0. The summed E-state index contributed by atoms with van der Waals surface area (Å²) >= 11 is 3.38. The molecule has 0 spiro atoms. The van der Waals surface area contributed by atoms with Crippen LogP contribution < -0.4 is 10.5 Å². The molecule has 0 heterocycles. The Bertz CT molecular complexity index is 421. The van der Waals surface area contributed by atoms with Crippen LogP contribution in [-0.4, -0.2) is 18.7 Å². The molecule has 1 unspecified atom stereocenters. The van der Waals surface area contributed by atoms with E-state index in [0.29, 0.717) is 12.4 Å². The lowest BCUT2D eigenvalue weighted by atomic mass is 10.1. The van der Waals surface area contributed by atoms with Crippen LogP contribution in [0.4, 0.5) is 0 Å². The van der Waals surface area contributed by atoms with E-state index in [1.54, 1.807) is 19.9 Å². The van der Waals surface area contributed by atoms with Gasteiger partial charge in [0, 0.05) is 16.1 Å². The van der Waals surface area contributed by atoms with Gasteiger partial charge in [-0.25, -0.2) is 4.79 Å². The van der Waals surface area contributed by atoms with Crippen LogP contribution in [0.1, 0.15) is 32.4 Å². The molecule has 18 heavy (non-hydrogen) atoms. The SMILES string of the molecule is CCOC(=O)C(C)Oc1ccc(Br)cc1[C@@H](C)N. The number of nitrogens with two attached hydrogens (primary N) is 1. The van der Waals surface area contributed by atoms with Gasteiger partial charge >= 0.3 is 5.97 Å². The third kappa shape index (κ3) is 3.99. The minimum absolute atomic E-state index is 0.174. The van der Waals surface area contributed by atoms with E-state index in [-0.39, 0.29) is 12.0 Å². The van der Waals surface area contributed by atoms with Gasteiger partial charge in [0.05, 0.1) is 6.61 Å². The zero-order chi connectivity index (χ0) is 13.7. The van der Waals surface area contributed by atoms with Gasteiger partial charge in [-0.3, -0.25) is 0 Å². The van der Waals surface area contributed by atoms with Crippen LogP contribution in [0.2, 0.25) is 0 Å². The van der Waals surface area contributed by atoms with Gasteiger partial charge in [0.25, 0.3) is 0 Å². The second kappa shape index (κ2) is 6.75. The highest BCUT2D eigenvalue weighted by molar-refractivity contribution is 9.10. The van der Waals surface area contributed by atoms with E-state index in [1.807, 2.05) is 19.1 Å². The molecule has 0 aliphatic heterocycles. The van der Waals surface area contributed by atoms with Crippen LogP contribution in [0, 0.1) is 0 Å². The van der Waals surface area contributed by atoms with Gasteiger partial charge in [-0.15, -0.1) is 0 Å². The lowest BCUT2D eigenvalue weighted by molar-refractivity contribution is -0.150. The maximum absolute atomic E-state index is 11.5. The smallest absolute Gasteiger partial charge is 0.347 e. The molecule has 0 fully saturated rings. The van der Waals surface area contributed by atoms with Gasteiger partial charge < -0.3 is 15.2 Å². The average molecular weight is 316 g/mol. The maximum Gasteiger partial charge on any atom is 0.347 e. The Balaban J connectivity index is 2.87. The van der Waals surface area contributed by atoms with E-state index in [0.717, 1.165) is 10.0 Å². The molecule has 1 aromatic carbocycles. The maximum atomic E-state index is 11.5. The summed E-state index contributed by atoms with van der Waals surface area (Å²) in [6.07, 6.45) is -0.649. The van der Waals surface area contributed by atoms with Crippen LogP contribution in [0.15, 0.2) is 22.7 Å². The first-order valence-corrected chi connectivity index (χ1v) is 6.63. The van der Waals surface area contributed by atoms with Crippen molar-refractivity contribution in [1.82, 2.24) is 0 Å². The largest absolute Gasteiger partial charge is 0.479 e. The molecular formula is C13H18BrNO3. The van der Waals surface area contributed by atoms with Gasteiger partial charge in [0.1, 0.15) is 5.75 Å². The first kappa shape index (κ1) is 15.0. The van der Waals surface area contributed by atoms with Crippen molar-refractivity contribution in [2.24, 2.45) is 5.73 Å². The fourth-order valence-corrected chi connectivity index (χ4v) is 1.86. The molecule has 1 rings (SSSR count). The Morgan fingerprint density at radius 1 is 1.44 bits per heavy atom. The number of esters is 1. The fourth-order valence-electron chi connectivity index (χ4n) is 1.48. The average Bonchev–Trinajstić information content (AvgIpc) is 2.31. The molecule has 100 valence electrons. The van der Waals surface area contributed by atoms with Gasteiger partial charge in [-0.2, -0.15) is 0 Å². The Morgan fingerprint density at radius 2 is 2.11 bits per heavy atom. The molecule has 2 atom stereocenters. The highest BCUT2D eigenvalue weighted by Crippen LogP contribution is 2.28. The summed E-state index contributed by atoms with van der Waals surface area (Å²) in [6, 6.07) is 5.35. The number of hydrogen-bond acceptors (Lipinski definition) is 4. The zero-order valence-electron chi connectivity index (χ0n) is 10.8. The number of benzene rings is 1. The normalized spacial score (nSPS) is 13.8. The Hall–Kier alpha value is -1.07. The monoisotopic (exact) mass is 315 g/mol. The third-order valence-corrected chi connectivity index (χ3v) is 2.88. The highest BCUT2D eigenvalue weighted by Gasteiger charge is 2.18. The number of ether oxygens (including phenoxy) is 2. The molecule has 0 bridgehead atoms. The first-order valence-electron chi connectivity index (χ1n) is 5.84. The quantitative estimate of drug-likeness (QED) is 0.849. The number of rotatable bonds is 5. The molecule has 0 amide bonds. The Labute approximate surface area is 116 Å². The Morgan fingerprint density at radius 3 is 2.67 bits per heavy atom. The number of carbonyl (C=O) groups excluding carboxylic acids is 1. The van der Waals surface area contributed by atoms with E-state index in [2.05, 4.69) is 15.9 Å². The minimum Gasteiger partial charge on any atom is -0.479 e. The van der Waals surface area contributed by atoms with Crippen molar-refractivity contribution < 1.29 is 14.3 Å². The molecule has 0 aliphatic carbocycles. The fraction of sp³-hybridized carbons (Fsp3) is 0.462. The second-order valence-corrected chi connectivity index (χ2v) is 4.90. The van der Waals surface area contributed by atoms with Crippen LogP contribution >= 0.6 is 15.9 Å².